The molecule has 0 saturated carbocycles. The number of halogens is 1. The van der Waals surface area contributed by atoms with E-state index in [1.165, 1.54) is 12.8 Å². The first-order chi connectivity index (χ1) is 8.33. The largest absolute Gasteiger partial charge is 0.354 e. The molecule has 0 aromatic carbocycles. The van der Waals surface area contributed by atoms with Crippen LogP contribution in [0.4, 0.5) is 10.2 Å². The average Bonchev–Trinajstić information content (AvgIpc) is 2.61. The van der Waals surface area contributed by atoms with Gasteiger partial charge in [0.25, 0.3) is 0 Å². The smallest absolute Gasteiger partial charge is 0.170 e. The molecular weight excluding hydrogens is 217 g/mol. The molecule has 17 heavy (non-hydrogen) atoms. The molecule has 3 nitrogen and oxygen atoms in total. The second-order valence-corrected chi connectivity index (χ2v) is 4.54. The molecule has 0 spiro atoms. The summed E-state index contributed by atoms with van der Waals surface area (Å²) in [6.45, 7) is 2.40. The number of nitrogens with one attached hydrogen (secondary N) is 1. The van der Waals surface area contributed by atoms with Crippen LogP contribution >= 0.6 is 0 Å². The molecule has 0 atom stereocenters. The summed E-state index contributed by atoms with van der Waals surface area (Å²) in [6.07, 6.45) is 6.47. The van der Waals surface area contributed by atoms with Crippen molar-refractivity contribution in [2.75, 3.05) is 25.0 Å². The lowest BCUT2D eigenvalue weighted by molar-refractivity contribution is 0.584. The van der Waals surface area contributed by atoms with Crippen molar-refractivity contribution < 1.29 is 4.39 Å². The molecule has 1 aliphatic heterocycles. The van der Waals surface area contributed by atoms with Gasteiger partial charge in [-0.3, -0.25) is 0 Å². The van der Waals surface area contributed by atoms with Crippen LogP contribution in [0.25, 0.3) is 0 Å². The number of anilines is 1. The third kappa shape index (κ3) is 2.94. The zero-order valence-corrected chi connectivity index (χ0v) is 10.4. The van der Waals surface area contributed by atoms with Crippen LogP contribution in [0, 0.1) is 5.82 Å². The average molecular weight is 237 g/mol. The van der Waals surface area contributed by atoms with Gasteiger partial charge in [-0.2, -0.15) is 0 Å². The van der Waals surface area contributed by atoms with E-state index in [9.17, 15) is 4.39 Å². The number of hydrogen-bond donors (Lipinski definition) is 1. The van der Waals surface area contributed by atoms with E-state index in [0.29, 0.717) is 17.9 Å². The van der Waals surface area contributed by atoms with E-state index in [1.54, 1.807) is 12.3 Å². The zero-order valence-electron chi connectivity index (χ0n) is 10.4. The molecule has 1 aromatic heterocycles. The standard InChI is InChI=1S/C13H20FN3/c1-15-10-11-6-7-16-13(12(11)14)17-8-4-2-3-5-9-17/h6-7,15H,2-5,8-10H2,1H3. The van der Waals surface area contributed by atoms with Crippen LogP contribution in [-0.2, 0) is 6.54 Å². The van der Waals surface area contributed by atoms with E-state index in [1.807, 2.05) is 7.05 Å². The number of pyridine rings is 1. The lowest BCUT2D eigenvalue weighted by atomic mass is 10.2. The van der Waals surface area contributed by atoms with Gasteiger partial charge < -0.3 is 10.2 Å². The highest BCUT2D eigenvalue weighted by Gasteiger charge is 2.17. The lowest BCUT2D eigenvalue weighted by Gasteiger charge is -2.22. The first-order valence-corrected chi connectivity index (χ1v) is 6.36. The van der Waals surface area contributed by atoms with Crippen molar-refractivity contribution in [1.29, 1.82) is 0 Å². The van der Waals surface area contributed by atoms with Gasteiger partial charge in [-0.25, -0.2) is 9.37 Å². The third-order valence-corrected chi connectivity index (χ3v) is 3.22. The molecule has 0 aliphatic carbocycles. The Labute approximate surface area is 102 Å². The van der Waals surface area contributed by atoms with Crippen molar-refractivity contribution in [2.24, 2.45) is 0 Å². The van der Waals surface area contributed by atoms with E-state index in [0.717, 1.165) is 25.9 Å². The van der Waals surface area contributed by atoms with Crippen molar-refractivity contribution in [2.45, 2.75) is 32.2 Å². The Morgan fingerprint density at radius 3 is 2.65 bits per heavy atom. The van der Waals surface area contributed by atoms with Gasteiger partial charge in [0, 0.05) is 31.4 Å². The van der Waals surface area contributed by atoms with Gasteiger partial charge in [-0.15, -0.1) is 0 Å². The first-order valence-electron chi connectivity index (χ1n) is 6.36. The Kier molecular flexibility index (Phi) is 4.31. The summed E-state index contributed by atoms with van der Waals surface area (Å²) in [6, 6.07) is 1.74. The third-order valence-electron chi connectivity index (χ3n) is 3.22. The summed E-state index contributed by atoms with van der Waals surface area (Å²) in [5.41, 5.74) is 0.696. The Balaban J connectivity index is 2.21. The predicted octanol–water partition coefficient (Wildman–Crippen LogP) is 2.32. The maximum Gasteiger partial charge on any atom is 0.170 e. The number of rotatable bonds is 3. The summed E-state index contributed by atoms with van der Waals surface area (Å²) in [5.74, 6) is 0.364. The maximum atomic E-state index is 14.2. The Morgan fingerprint density at radius 1 is 1.29 bits per heavy atom. The van der Waals surface area contributed by atoms with E-state index in [4.69, 9.17) is 0 Å². The van der Waals surface area contributed by atoms with Gasteiger partial charge in [0.05, 0.1) is 0 Å². The fourth-order valence-electron chi connectivity index (χ4n) is 2.30. The monoisotopic (exact) mass is 237 g/mol. The topological polar surface area (TPSA) is 28.2 Å². The number of hydrogen-bond acceptors (Lipinski definition) is 3. The number of nitrogens with zero attached hydrogens (tertiary/aromatic N) is 2. The van der Waals surface area contributed by atoms with E-state index in [-0.39, 0.29) is 5.82 Å². The molecule has 1 aliphatic rings. The fourth-order valence-corrected chi connectivity index (χ4v) is 2.30. The van der Waals surface area contributed by atoms with Crippen molar-refractivity contribution in [3.63, 3.8) is 0 Å². The van der Waals surface area contributed by atoms with E-state index in [2.05, 4.69) is 15.2 Å². The van der Waals surface area contributed by atoms with Gasteiger partial charge in [-0.05, 0) is 26.0 Å². The fraction of sp³-hybridized carbons (Fsp3) is 0.615. The van der Waals surface area contributed by atoms with Crippen LogP contribution in [0.5, 0.6) is 0 Å². The van der Waals surface area contributed by atoms with Crippen LogP contribution in [-0.4, -0.2) is 25.1 Å². The zero-order chi connectivity index (χ0) is 12.1. The van der Waals surface area contributed by atoms with Gasteiger partial charge in [0.15, 0.2) is 11.6 Å². The Morgan fingerprint density at radius 2 is 2.00 bits per heavy atom. The molecule has 0 amide bonds. The summed E-state index contributed by atoms with van der Waals surface area (Å²) >= 11 is 0. The van der Waals surface area contributed by atoms with Gasteiger partial charge in [0.2, 0.25) is 0 Å². The quantitative estimate of drug-likeness (QED) is 0.874. The van der Waals surface area contributed by atoms with Crippen LogP contribution in [0.15, 0.2) is 12.3 Å². The predicted molar refractivity (Wildman–Crippen MR) is 67.6 cm³/mol. The molecule has 0 bridgehead atoms. The molecule has 0 radical (unpaired) electrons. The van der Waals surface area contributed by atoms with Crippen LogP contribution in [0.3, 0.4) is 0 Å². The second-order valence-electron chi connectivity index (χ2n) is 4.54. The van der Waals surface area contributed by atoms with Gasteiger partial charge in [-0.1, -0.05) is 12.8 Å². The Hall–Kier alpha value is -1.16. The van der Waals surface area contributed by atoms with Crippen LogP contribution in [0.2, 0.25) is 0 Å². The summed E-state index contributed by atoms with van der Waals surface area (Å²) in [5, 5.41) is 2.98. The van der Waals surface area contributed by atoms with Crippen LogP contribution < -0.4 is 10.2 Å². The summed E-state index contributed by atoms with van der Waals surface area (Å²) in [7, 11) is 1.82. The normalized spacial score (nSPS) is 16.9. The molecule has 2 rings (SSSR count). The molecule has 1 saturated heterocycles. The second kappa shape index (κ2) is 5.96. The highest BCUT2D eigenvalue weighted by atomic mass is 19.1. The SMILES string of the molecule is CNCc1ccnc(N2CCCCCC2)c1F. The first kappa shape index (κ1) is 12.3. The molecule has 4 heteroatoms. The molecule has 1 N–H and O–H groups in total. The molecule has 0 unspecified atom stereocenters. The minimum absolute atomic E-state index is 0.163. The number of aromatic nitrogens is 1. The minimum Gasteiger partial charge on any atom is -0.354 e. The maximum absolute atomic E-state index is 14.2. The lowest BCUT2D eigenvalue weighted by Crippen LogP contribution is -2.26. The van der Waals surface area contributed by atoms with Crippen LogP contribution in [0.1, 0.15) is 31.2 Å². The minimum atomic E-state index is -0.163. The molecule has 2 heterocycles. The Bertz CT molecular complexity index is 360. The summed E-state index contributed by atoms with van der Waals surface area (Å²) in [4.78, 5) is 6.29. The molecular formula is C13H20FN3. The molecule has 1 fully saturated rings. The van der Waals surface area contributed by atoms with E-state index >= 15 is 0 Å². The van der Waals surface area contributed by atoms with Gasteiger partial charge in [0.1, 0.15) is 0 Å². The van der Waals surface area contributed by atoms with Crippen molar-refractivity contribution >= 4 is 5.82 Å². The van der Waals surface area contributed by atoms with Crippen molar-refractivity contribution in [3.8, 4) is 0 Å². The van der Waals surface area contributed by atoms with Crippen molar-refractivity contribution in [1.82, 2.24) is 10.3 Å². The molecule has 94 valence electrons. The van der Waals surface area contributed by atoms with Gasteiger partial charge >= 0.3 is 0 Å². The molecule has 1 aromatic rings. The highest BCUT2D eigenvalue weighted by molar-refractivity contribution is 5.43. The van der Waals surface area contributed by atoms with E-state index < -0.39 is 0 Å². The van der Waals surface area contributed by atoms with Crippen molar-refractivity contribution in [3.05, 3.63) is 23.6 Å². The summed E-state index contributed by atoms with van der Waals surface area (Å²) < 4.78 is 14.2. The highest BCUT2D eigenvalue weighted by Crippen LogP contribution is 2.22.